The molecule has 21 heteroatoms. The van der Waals surface area contributed by atoms with Gasteiger partial charge in [0.1, 0.15) is 30.1 Å². The highest BCUT2D eigenvalue weighted by Gasteiger charge is 2.46. The Morgan fingerprint density at radius 3 is 2.38 bits per heavy atom. The minimum atomic E-state index is -2.12. The molecule has 1 aliphatic carbocycles. The Morgan fingerprint density at radius 1 is 1.01 bits per heavy atom. The van der Waals surface area contributed by atoms with Gasteiger partial charge in [0, 0.05) is 29.0 Å². The number of hydrogen-bond acceptors (Lipinski definition) is 13. The first kappa shape index (κ1) is 48.7. The summed E-state index contributed by atoms with van der Waals surface area (Å²) in [5, 5.41) is 31.2. The van der Waals surface area contributed by atoms with Crippen LogP contribution in [0.15, 0.2) is 47.3 Å². The van der Waals surface area contributed by atoms with E-state index in [4.69, 9.17) is 20.2 Å². The minimum Gasteiger partial charge on any atom is -0.458 e. The lowest BCUT2D eigenvalue weighted by molar-refractivity contribution is -0.172. The van der Waals surface area contributed by atoms with Crippen LogP contribution in [-0.2, 0) is 69.8 Å². The molecule has 0 spiro atoms. The van der Waals surface area contributed by atoms with E-state index in [0.717, 1.165) is 0 Å². The minimum absolute atomic E-state index is 0.0668. The highest BCUT2D eigenvalue weighted by Crippen LogP contribution is 2.47. The fourth-order valence-electron chi connectivity index (χ4n) is 9.02. The van der Waals surface area contributed by atoms with Crippen LogP contribution < -0.4 is 32.6 Å². The number of amides is 6. The zero-order valence-electron chi connectivity index (χ0n) is 38.1. The molecule has 4 atom stereocenters. The fourth-order valence-corrected chi connectivity index (χ4v) is 9.02. The quantitative estimate of drug-likeness (QED) is 0.0712. The van der Waals surface area contributed by atoms with Crippen molar-refractivity contribution in [3.8, 4) is 11.4 Å². The summed E-state index contributed by atoms with van der Waals surface area (Å²) in [5.74, 6) is -5.63. The van der Waals surface area contributed by atoms with E-state index in [1.54, 1.807) is 65.0 Å². The number of fused-ring (bicyclic) bond motifs is 5. The third kappa shape index (κ3) is 9.61. The monoisotopic (exact) mass is 940 g/mol. The maximum Gasteiger partial charge on any atom is 0.408 e. The Kier molecular flexibility index (Phi) is 13.7. The van der Waals surface area contributed by atoms with Crippen LogP contribution in [0, 0.1) is 12.7 Å². The topological polar surface area (TPSA) is 291 Å². The molecular formula is C47H53FN8O12. The smallest absolute Gasteiger partial charge is 0.408 e. The average Bonchev–Trinajstić information content (AvgIpc) is 3.66. The Balaban J connectivity index is 1.19. The van der Waals surface area contributed by atoms with Gasteiger partial charge >= 0.3 is 12.1 Å². The number of aliphatic hydroxyl groups excluding tert-OH is 1. The zero-order valence-corrected chi connectivity index (χ0v) is 38.1. The van der Waals surface area contributed by atoms with Gasteiger partial charge in [-0.3, -0.25) is 28.8 Å². The first-order chi connectivity index (χ1) is 32.1. The number of ether oxygens (including phenoxy) is 2. The number of benzene rings is 2. The van der Waals surface area contributed by atoms with Crippen molar-refractivity contribution in [2.45, 2.75) is 103 Å². The largest absolute Gasteiger partial charge is 0.458 e. The van der Waals surface area contributed by atoms with Crippen molar-refractivity contribution < 1.29 is 57.6 Å². The van der Waals surface area contributed by atoms with Crippen molar-refractivity contribution in [1.82, 2.24) is 35.7 Å². The van der Waals surface area contributed by atoms with Gasteiger partial charge in [-0.1, -0.05) is 37.3 Å². The van der Waals surface area contributed by atoms with E-state index in [9.17, 15) is 43.8 Å². The van der Waals surface area contributed by atoms with Crippen molar-refractivity contribution in [2.75, 3.05) is 26.2 Å². The van der Waals surface area contributed by atoms with E-state index in [1.165, 1.54) is 21.6 Å². The summed E-state index contributed by atoms with van der Waals surface area (Å²) in [6.07, 6.45) is -0.762. The molecule has 2 aliphatic heterocycles. The second kappa shape index (κ2) is 19.2. The van der Waals surface area contributed by atoms with Crippen molar-refractivity contribution in [3.05, 3.63) is 97.6 Å². The van der Waals surface area contributed by atoms with Crippen LogP contribution in [0.5, 0.6) is 0 Å². The summed E-state index contributed by atoms with van der Waals surface area (Å²) < 4.78 is 27.4. The van der Waals surface area contributed by atoms with Crippen LogP contribution in [0.3, 0.4) is 0 Å². The number of carbonyl (C=O) groups excluding carboxylic acids is 7. The van der Waals surface area contributed by atoms with Gasteiger partial charge in [0.25, 0.3) is 5.56 Å². The van der Waals surface area contributed by atoms with Crippen molar-refractivity contribution in [1.29, 1.82) is 0 Å². The van der Waals surface area contributed by atoms with Gasteiger partial charge in [0.15, 0.2) is 5.60 Å². The third-order valence-corrected chi connectivity index (χ3v) is 12.3. The Bertz CT molecular complexity index is 2810. The van der Waals surface area contributed by atoms with Crippen LogP contribution in [0.2, 0.25) is 0 Å². The second-order valence-corrected chi connectivity index (χ2v) is 18.0. The number of aliphatic hydroxyl groups is 2. The SMILES string of the molecule is CC[C@@]1(O)C(=O)OCc2c1cc1n(c2=O)Cc2c-1nc1cc(F)c(C)c3c1c2[C@@H](N(CC(N)=O)C(=O)[C@H](Cc1ccccc1)NC(=O)CNC(=O)CNC(=O)[C@H](CO)NC(=O)OC(C)(C)C)CC3. The molecule has 360 valence electrons. The predicted molar refractivity (Wildman–Crippen MR) is 240 cm³/mol. The predicted octanol–water partition coefficient (Wildman–Crippen LogP) is 0.674. The summed E-state index contributed by atoms with van der Waals surface area (Å²) >= 11 is 0. The van der Waals surface area contributed by atoms with Gasteiger partial charge in [-0.15, -0.1) is 0 Å². The number of rotatable bonds is 15. The van der Waals surface area contributed by atoms with E-state index in [0.29, 0.717) is 33.2 Å². The number of esters is 1. The molecule has 0 bridgehead atoms. The number of nitrogens with two attached hydrogens (primary N) is 1. The maximum absolute atomic E-state index is 15.7. The number of halogens is 1. The number of carbonyl (C=O) groups is 7. The number of nitrogens with zero attached hydrogens (tertiary/aromatic N) is 3. The first-order valence-corrected chi connectivity index (χ1v) is 22.0. The van der Waals surface area contributed by atoms with Crippen molar-refractivity contribution >= 4 is 52.5 Å². The molecule has 6 amide bonds. The molecule has 3 aliphatic rings. The molecule has 0 saturated heterocycles. The van der Waals surface area contributed by atoms with E-state index in [2.05, 4.69) is 21.3 Å². The average molecular weight is 941 g/mol. The number of alkyl carbamates (subject to hydrolysis) is 1. The van der Waals surface area contributed by atoms with E-state index in [1.807, 2.05) is 0 Å². The lowest BCUT2D eigenvalue weighted by Gasteiger charge is -2.38. The summed E-state index contributed by atoms with van der Waals surface area (Å²) in [4.78, 5) is 112. The standard InChI is InChI=1S/C47H53FN8O12/c1-6-47(66)28-15-34-40-26(19-55(34)42(62)27(28)22-67-44(47)64)39-33(13-12-25-23(2)29(48)16-30(53-40)38(25)39)56(20-35(49)58)43(63)31(14-24-10-8-7-9-11-24)52-37(60)18-50-36(59)17-51-41(61)32(21-57)54-45(65)68-46(3,4)5/h7-11,15-16,31-33,57,66H,6,12-14,17-22H2,1-5H3,(H2,49,58)(H,50,59)(H,51,61)(H,52,60)(H,54,65)/t31-,32-,33-,47-/m0/s1. The summed E-state index contributed by atoms with van der Waals surface area (Å²) in [5.41, 5.74) is 5.66. The fraction of sp³-hybridized carbons (Fsp3) is 0.426. The van der Waals surface area contributed by atoms with E-state index < -0.39 is 109 Å². The molecule has 0 fully saturated rings. The summed E-state index contributed by atoms with van der Waals surface area (Å²) in [6, 6.07) is 7.69. The maximum atomic E-state index is 15.7. The molecule has 4 aromatic rings. The number of pyridine rings is 2. The molecule has 2 aromatic carbocycles. The number of hydrogen-bond donors (Lipinski definition) is 7. The van der Waals surface area contributed by atoms with Crippen LogP contribution in [0.1, 0.15) is 85.5 Å². The van der Waals surface area contributed by atoms with Crippen LogP contribution >= 0.6 is 0 Å². The second-order valence-electron chi connectivity index (χ2n) is 18.0. The molecule has 0 saturated carbocycles. The van der Waals surface area contributed by atoms with Gasteiger partial charge in [-0.05, 0) is 75.3 Å². The van der Waals surface area contributed by atoms with Gasteiger partial charge in [-0.2, -0.15) is 0 Å². The molecule has 2 aromatic heterocycles. The van der Waals surface area contributed by atoms with E-state index in [-0.39, 0.29) is 66.9 Å². The molecule has 20 nitrogen and oxygen atoms in total. The number of primary amides is 1. The van der Waals surface area contributed by atoms with Gasteiger partial charge in [0.05, 0.1) is 61.3 Å². The van der Waals surface area contributed by atoms with Gasteiger partial charge in [-0.25, -0.2) is 19.0 Å². The Labute approximate surface area is 388 Å². The van der Waals surface area contributed by atoms with Gasteiger partial charge < -0.3 is 56.2 Å². The van der Waals surface area contributed by atoms with Crippen molar-refractivity contribution in [2.24, 2.45) is 5.73 Å². The molecule has 4 heterocycles. The highest BCUT2D eigenvalue weighted by molar-refractivity contribution is 5.97. The van der Waals surface area contributed by atoms with Crippen LogP contribution in [-0.4, -0.2) is 110 Å². The molecule has 0 radical (unpaired) electrons. The molecule has 68 heavy (non-hydrogen) atoms. The Hall–Kier alpha value is -7.26. The Morgan fingerprint density at radius 2 is 1.72 bits per heavy atom. The normalized spacial score (nSPS) is 17.6. The van der Waals surface area contributed by atoms with Gasteiger partial charge in [0.2, 0.25) is 29.5 Å². The molecule has 7 rings (SSSR count). The summed E-state index contributed by atoms with van der Waals surface area (Å²) in [6.45, 7) is 4.81. The summed E-state index contributed by atoms with van der Waals surface area (Å²) in [7, 11) is 0. The van der Waals surface area contributed by atoms with Crippen molar-refractivity contribution in [3.63, 3.8) is 0 Å². The van der Waals surface area contributed by atoms with E-state index >= 15 is 9.18 Å². The lowest BCUT2D eigenvalue weighted by Crippen LogP contribution is -2.55. The third-order valence-electron chi connectivity index (χ3n) is 12.3. The number of aromatic nitrogens is 2. The number of nitrogens with one attached hydrogen (secondary N) is 4. The van der Waals surface area contributed by atoms with Crippen LogP contribution in [0.4, 0.5) is 9.18 Å². The molecule has 8 N–H and O–H groups in total. The first-order valence-electron chi connectivity index (χ1n) is 22.0. The highest BCUT2D eigenvalue weighted by atomic mass is 19.1. The zero-order chi connectivity index (χ0) is 49.4. The number of cyclic esters (lactones) is 1. The lowest BCUT2D eigenvalue weighted by atomic mass is 9.80. The number of aryl methyl sites for hydroxylation is 1. The molecular weight excluding hydrogens is 888 g/mol. The van der Waals surface area contributed by atoms with Crippen LogP contribution in [0.25, 0.3) is 22.3 Å². The molecule has 0 unspecified atom stereocenters.